The summed E-state index contributed by atoms with van der Waals surface area (Å²) < 4.78 is 6.35. The maximum Gasteiger partial charge on any atom is 0.266 e. The molecule has 8 nitrogen and oxygen atoms in total. The summed E-state index contributed by atoms with van der Waals surface area (Å²) in [6.45, 7) is 2.13. The Kier molecular flexibility index (Phi) is 4.34. The number of hydrogen-bond acceptors (Lipinski definition) is 7. The van der Waals surface area contributed by atoms with Crippen LogP contribution in [0.1, 0.15) is 18.7 Å². The van der Waals surface area contributed by atoms with E-state index in [4.69, 9.17) is 4.52 Å². The molecule has 0 radical (unpaired) electrons. The average Bonchev–Trinajstić information content (AvgIpc) is 3.31. The van der Waals surface area contributed by atoms with E-state index in [-0.39, 0.29) is 11.6 Å². The molecule has 8 heteroatoms. The Morgan fingerprint density at radius 1 is 1.20 bits per heavy atom. The molecule has 0 saturated carbocycles. The lowest BCUT2D eigenvalue weighted by Gasteiger charge is -2.23. The van der Waals surface area contributed by atoms with Crippen LogP contribution in [0.25, 0.3) is 11.3 Å². The minimum absolute atomic E-state index is 0.0933. The standard InChI is InChI=1S/C17H18N6O2/c24-17-4-3-15(13-5-7-18-8-6-13)20-23(17)10-14-2-1-9-22(14)11-16-19-12-25-21-16/h3-8,12,14H,1-2,9-11H2. The smallest absolute Gasteiger partial charge is 0.266 e. The number of rotatable bonds is 5. The number of hydrogen-bond donors (Lipinski definition) is 0. The minimum atomic E-state index is -0.0933. The fourth-order valence-corrected chi connectivity index (χ4v) is 3.21. The van der Waals surface area contributed by atoms with Gasteiger partial charge in [0.1, 0.15) is 0 Å². The molecule has 0 bridgehead atoms. The highest BCUT2D eigenvalue weighted by Gasteiger charge is 2.26. The molecule has 3 aromatic heterocycles. The Hall–Kier alpha value is -2.87. The first-order valence-electron chi connectivity index (χ1n) is 8.27. The van der Waals surface area contributed by atoms with Gasteiger partial charge in [-0.15, -0.1) is 0 Å². The molecule has 1 aliphatic heterocycles. The molecule has 4 rings (SSSR count). The highest BCUT2D eigenvalue weighted by Crippen LogP contribution is 2.20. The zero-order chi connectivity index (χ0) is 17.1. The first-order chi connectivity index (χ1) is 12.3. The van der Waals surface area contributed by atoms with Crippen molar-refractivity contribution in [3.05, 3.63) is 59.2 Å². The summed E-state index contributed by atoms with van der Waals surface area (Å²) in [7, 11) is 0. The van der Waals surface area contributed by atoms with Gasteiger partial charge in [0.05, 0.1) is 18.8 Å². The Morgan fingerprint density at radius 2 is 2.08 bits per heavy atom. The van der Waals surface area contributed by atoms with Crippen LogP contribution in [-0.4, -0.2) is 42.4 Å². The normalized spacial score (nSPS) is 17.8. The molecule has 128 valence electrons. The van der Waals surface area contributed by atoms with Crippen molar-refractivity contribution in [3.63, 3.8) is 0 Å². The molecule has 4 heterocycles. The minimum Gasteiger partial charge on any atom is -0.343 e. The molecule has 1 atom stereocenters. The molecular weight excluding hydrogens is 320 g/mol. The summed E-state index contributed by atoms with van der Waals surface area (Å²) in [5.41, 5.74) is 1.62. The third kappa shape index (κ3) is 3.48. The van der Waals surface area contributed by atoms with Crippen LogP contribution in [0, 0.1) is 0 Å². The van der Waals surface area contributed by atoms with E-state index in [1.54, 1.807) is 29.2 Å². The highest BCUT2D eigenvalue weighted by molar-refractivity contribution is 5.56. The quantitative estimate of drug-likeness (QED) is 0.693. The molecule has 0 N–H and O–H groups in total. The second-order valence-electron chi connectivity index (χ2n) is 6.09. The number of nitrogens with zero attached hydrogens (tertiary/aromatic N) is 6. The molecule has 0 aromatic carbocycles. The summed E-state index contributed by atoms with van der Waals surface area (Å²) in [5, 5.41) is 8.41. The summed E-state index contributed by atoms with van der Waals surface area (Å²) >= 11 is 0. The largest absolute Gasteiger partial charge is 0.343 e. The van der Waals surface area contributed by atoms with E-state index in [1.165, 1.54) is 6.39 Å². The van der Waals surface area contributed by atoms with Crippen molar-refractivity contribution in [2.45, 2.75) is 32.0 Å². The Bertz CT molecular complexity index is 878. The van der Waals surface area contributed by atoms with Gasteiger partial charge >= 0.3 is 0 Å². The number of aromatic nitrogens is 5. The van der Waals surface area contributed by atoms with Gasteiger partial charge < -0.3 is 4.52 Å². The van der Waals surface area contributed by atoms with Crippen LogP contribution in [-0.2, 0) is 13.1 Å². The third-order valence-corrected chi connectivity index (χ3v) is 4.48. The van der Waals surface area contributed by atoms with E-state index in [9.17, 15) is 4.79 Å². The zero-order valence-electron chi connectivity index (χ0n) is 13.7. The highest BCUT2D eigenvalue weighted by atomic mass is 16.5. The van der Waals surface area contributed by atoms with E-state index in [2.05, 4.69) is 25.1 Å². The Labute approximate surface area is 144 Å². The van der Waals surface area contributed by atoms with E-state index < -0.39 is 0 Å². The van der Waals surface area contributed by atoms with E-state index in [0.717, 1.165) is 30.6 Å². The van der Waals surface area contributed by atoms with Gasteiger partial charge in [-0.25, -0.2) is 4.68 Å². The first kappa shape index (κ1) is 15.6. The molecule has 0 amide bonds. The molecule has 1 aliphatic rings. The fraction of sp³-hybridized carbons (Fsp3) is 0.353. The van der Waals surface area contributed by atoms with Gasteiger partial charge in [0, 0.05) is 30.1 Å². The van der Waals surface area contributed by atoms with Crippen molar-refractivity contribution in [2.24, 2.45) is 0 Å². The van der Waals surface area contributed by atoms with Crippen molar-refractivity contribution in [3.8, 4) is 11.3 Å². The molecule has 1 saturated heterocycles. The van der Waals surface area contributed by atoms with E-state index in [1.807, 2.05) is 12.1 Å². The topological polar surface area (TPSA) is 89.9 Å². The molecule has 25 heavy (non-hydrogen) atoms. The van der Waals surface area contributed by atoms with Crippen LogP contribution in [0.3, 0.4) is 0 Å². The molecule has 0 spiro atoms. The molecule has 1 fully saturated rings. The second-order valence-corrected chi connectivity index (χ2v) is 6.09. The monoisotopic (exact) mass is 338 g/mol. The van der Waals surface area contributed by atoms with Crippen molar-refractivity contribution < 1.29 is 4.52 Å². The SMILES string of the molecule is O=c1ccc(-c2ccncc2)nn1CC1CCCN1Cc1ncon1. The maximum atomic E-state index is 12.2. The van der Waals surface area contributed by atoms with E-state index in [0.29, 0.717) is 18.9 Å². The van der Waals surface area contributed by atoms with Gasteiger partial charge in [-0.2, -0.15) is 10.1 Å². The van der Waals surface area contributed by atoms with Crippen molar-refractivity contribution in [2.75, 3.05) is 6.54 Å². The van der Waals surface area contributed by atoms with Gasteiger partial charge in [-0.3, -0.25) is 14.7 Å². The van der Waals surface area contributed by atoms with Crippen LogP contribution in [0.15, 0.2) is 52.4 Å². The van der Waals surface area contributed by atoms with Crippen LogP contribution < -0.4 is 5.56 Å². The van der Waals surface area contributed by atoms with Gasteiger partial charge in [0.15, 0.2) is 5.82 Å². The van der Waals surface area contributed by atoms with Crippen LogP contribution in [0.4, 0.5) is 0 Å². The summed E-state index contributed by atoms with van der Waals surface area (Å²) in [6.07, 6.45) is 6.88. The van der Waals surface area contributed by atoms with Gasteiger partial charge in [0.25, 0.3) is 5.56 Å². The predicted octanol–water partition coefficient (Wildman–Crippen LogP) is 1.35. The lowest BCUT2D eigenvalue weighted by atomic mass is 10.2. The van der Waals surface area contributed by atoms with Crippen LogP contribution >= 0.6 is 0 Å². The summed E-state index contributed by atoms with van der Waals surface area (Å²) in [4.78, 5) is 22.6. The first-order valence-corrected chi connectivity index (χ1v) is 8.27. The van der Waals surface area contributed by atoms with Crippen molar-refractivity contribution in [1.82, 2.24) is 29.8 Å². The van der Waals surface area contributed by atoms with E-state index >= 15 is 0 Å². The second kappa shape index (κ2) is 6.94. The Morgan fingerprint density at radius 3 is 2.88 bits per heavy atom. The summed E-state index contributed by atoms with van der Waals surface area (Å²) in [6, 6.07) is 7.32. The molecule has 1 unspecified atom stereocenters. The van der Waals surface area contributed by atoms with Gasteiger partial charge in [-0.1, -0.05) is 5.16 Å². The summed E-state index contributed by atoms with van der Waals surface area (Å²) in [5.74, 6) is 0.665. The molecule has 3 aromatic rings. The van der Waals surface area contributed by atoms with Gasteiger partial charge in [0.2, 0.25) is 6.39 Å². The predicted molar refractivity (Wildman–Crippen MR) is 89.5 cm³/mol. The fourth-order valence-electron chi connectivity index (χ4n) is 3.21. The zero-order valence-corrected chi connectivity index (χ0v) is 13.7. The number of pyridine rings is 1. The maximum absolute atomic E-state index is 12.2. The average molecular weight is 338 g/mol. The van der Waals surface area contributed by atoms with Crippen LogP contribution in [0.2, 0.25) is 0 Å². The van der Waals surface area contributed by atoms with Crippen LogP contribution in [0.5, 0.6) is 0 Å². The third-order valence-electron chi connectivity index (χ3n) is 4.48. The van der Waals surface area contributed by atoms with Gasteiger partial charge in [-0.05, 0) is 37.6 Å². The molecular formula is C17H18N6O2. The Balaban J connectivity index is 1.54. The lowest BCUT2D eigenvalue weighted by molar-refractivity contribution is 0.209. The number of likely N-dealkylation sites (tertiary alicyclic amines) is 1. The molecule has 0 aliphatic carbocycles. The van der Waals surface area contributed by atoms with Crippen molar-refractivity contribution >= 4 is 0 Å². The van der Waals surface area contributed by atoms with Crippen molar-refractivity contribution in [1.29, 1.82) is 0 Å². The lowest BCUT2D eigenvalue weighted by Crippen LogP contribution is -2.36.